The van der Waals surface area contributed by atoms with E-state index in [0.717, 1.165) is 0 Å². The van der Waals surface area contributed by atoms with Crippen molar-refractivity contribution in [3.05, 3.63) is 0 Å². The molecular weight excluding hydrogens is 151 g/mol. The molecule has 0 unspecified atom stereocenters. The lowest BCUT2D eigenvalue weighted by Gasteiger charge is -2.23. The van der Waals surface area contributed by atoms with Crippen LogP contribution in [0.3, 0.4) is 0 Å². The summed E-state index contributed by atoms with van der Waals surface area (Å²) in [6.45, 7) is 15.9. The summed E-state index contributed by atoms with van der Waals surface area (Å²) in [4.78, 5) is 0. The molecule has 0 fully saturated rings. The van der Waals surface area contributed by atoms with Gasteiger partial charge in [-0.1, -0.05) is 49.7 Å². The minimum atomic E-state index is 0.370. The van der Waals surface area contributed by atoms with E-state index in [-0.39, 0.29) is 0 Å². The van der Waals surface area contributed by atoms with Gasteiger partial charge in [-0.25, -0.2) is 0 Å². The summed E-state index contributed by atoms with van der Waals surface area (Å²) in [6, 6.07) is 0. The largest absolute Gasteiger partial charge is 0.0991 e. The smallest absolute Gasteiger partial charge is 0.00370 e. The van der Waals surface area contributed by atoms with Crippen LogP contribution in [0.25, 0.3) is 0 Å². The predicted octanol–water partition coefficient (Wildman–Crippen LogP) is 3.97. The fraction of sp³-hybridized carbons (Fsp3) is 0.900. The van der Waals surface area contributed by atoms with Gasteiger partial charge in [0.2, 0.25) is 0 Å². The van der Waals surface area contributed by atoms with Crippen LogP contribution in [0.5, 0.6) is 0 Å². The van der Waals surface area contributed by atoms with E-state index in [2.05, 4.69) is 48.5 Å². The van der Waals surface area contributed by atoms with Crippen molar-refractivity contribution in [2.75, 3.05) is 0 Å². The molecule has 66 valence electrons. The highest BCUT2D eigenvalue weighted by atomic mass is 31.1. The Hall–Kier alpha value is 0.170. The summed E-state index contributed by atoms with van der Waals surface area (Å²) in [5.74, 6) is 0. The van der Waals surface area contributed by atoms with Gasteiger partial charge in [0.25, 0.3) is 0 Å². The zero-order valence-electron chi connectivity index (χ0n) is 8.95. The van der Waals surface area contributed by atoms with E-state index in [0.29, 0.717) is 10.6 Å². The molecule has 0 aromatic rings. The number of hydrogen-bond acceptors (Lipinski definition) is 0. The minimum Gasteiger partial charge on any atom is -0.0991 e. The third-order valence-electron chi connectivity index (χ3n) is 1.59. The molecule has 0 saturated heterocycles. The lowest BCUT2D eigenvalue weighted by Crippen LogP contribution is -2.17. The third kappa shape index (κ3) is 5.44. The van der Waals surface area contributed by atoms with Crippen LogP contribution in [0, 0.1) is 5.41 Å². The second-order valence-corrected chi connectivity index (χ2v) is 7.35. The highest BCUT2D eigenvalue weighted by molar-refractivity contribution is 7.42. The Morgan fingerprint density at radius 1 is 0.909 bits per heavy atom. The molecule has 0 rings (SSSR count). The fourth-order valence-corrected chi connectivity index (χ4v) is 2.01. The summed E-state index contributed by atoms with van der Waals surface area (Å²) in [6.07, 6.45) is 0. The van der Waals surface area contributed by atoms with Crippen molar-refractivity contribution in [1.29, 1.82) is 0 Å². The second-order valence-electron chi connectivity index (χ2n) is 5.12. The molecule has 0 atom stereocenters. The first kappa shape index (κ1) is 11.2. The van der Waals surface area contributed by atoms with Crippen molar-refractivity contribution >= 4 is 13.5 Å². The summed E-state index contributed by atoms with van der Waals surface area (Å²) < 4.78 is 0. The zero-order chi connectivity index (χ0) is 9.28. The number of hydrogen-bond donors (Lipinski definition) is 0. The van der Waals surface area contributed by atoms with Crippen LogP contribution in [0.15, 0.2) is 0 Å². The van der Waals surface area contributed by atoms with Crippen LogP contribution in [0.4, 0.5) is 0 Å². The Labute approximate surface area is 73.2 Å². The summed E-state index contributed by atoms with van der Waals surface area (Å²) in [7, 11) is 1.48. The molecule has 0 bridgehead atoms. The van der Waals surface area contributed by atoms with E-state index in [1.54, 1.807) is 5.29 Å². The molecular formula is C10H21P. The van der Waals surface area contributed by atoms with Crippen LogP contribution in [0.2, 0.25) is 0 Å². The molecule has 0 aromatic heterocycles. The Morgan fingerprint density at radius 3 is 1.36 bits per heavy atom. The van der Waals surface area contributed by atoms with Crippen molar-refractivity contribution in [3.63, 3.8) is 0 Å². The van der Waals surface area contributed by atoms with E-state index in [4.69, 9.17) is 0 Å². The fourth-order valence-electron chi connectivity index (χ4n) is 0.671. The Balaban J connectivity index is 4.49. The Morgan fingerprint density at radius 2 is 1.27 bits per heavy atom. The van der Waals surface area contributed by atoms with Gasteiger partial charge in [-0.3, -0.25) is 0 Å². The molecule has 0 N–H and O–H groups in total. The van der Waals surface area contributed by atoms with Gasteiger partial charge in [0.1, 0.15) is 0 Å². The highest BCUT2D eigenvalue weighted by Crippen LogP contribution is 2.29. The standard InChI is InChI=1S/C10H21P/c1-8(9(2,3)4)11-10(5,6)7/h1-7H3. The molecule has 0 radical (unpaired) electrons. The van der Waals surface area contributed by atoms with Crippen molar-refractivity contribution in [2.45, 2.75) is 53.6 Å². The summed E-state index contributed by atoms with van der Waals surface area (Å²) in [5, 5.41) is 1.99. The average Bonchev–Trinajstić information content (AvgIpc) is 1.56. The Kier molecular flexibility index (Phi) is 3.32. The quantitative estimate of drug-likeness (QED) is 0.485. The van der Waals surface area contributed by atoms with E-state index in [1.165, 1.54) is 8.20 Å². The topological polar surface area (TPSA) is 0 Å². The van der Waals surface area contributed by atoms with Gasteiger partial charge >= 0.3 is 0 Å². The van der Waals surface area contributed by atoms with Crippen LogP contribution in [0.1, 0.15) is 48.5 Å². The minimum absolute atomic E-state index is 0.370. The molecule has 0 nitrogen and oxygen atoms in total. The van der Waals surface area contributed by atoms with Gasteiger partial charge in [-0.05, 0) is 17.6 Å². The zero-order valence-corrected chi connectivity index (χ0v) is 9.84. The number of rotatable bonds is 0. The van der Waals surface area contributed by atoms with Gasteiger partial charge in [-0.2, -0.15) is 0 Å². The van der Waals surface area contributed by atoms with Crippen LogP contribution >= 0.6 is 8.20 Å². The molecule has 11 heavy (non-hydrogen) atoms. The summed E-state index contributed by atoms with van der Waals surface area (Å²) >= 11 is 0. The van der Waals surface area contributed by atoms with E-state index in [9.17, 15) is 0 Å². The highest BCUT2D eigenvalue weighted by Gasteiger charge is 2.16. The lowest BCUT2D eigenvalue weighted by atomic mass is 9.93. The van der Waals surface area contributed by atoms with Gasteiger partial charge in [0.15, 0.2) is 0 Å². The molecule has 0 aromatic carbocycles. The first-order chi connectivity index (χ1) is 4.63. The van der Waals surface area contributed by atoms with Crippen LogP contribution in [-0.2, 0) is 0 Å². The lowest BCUT2D eigenvalue weighted by molar-refractivity contribution is 0.597. The molecule has 0 aliphatic rings. The Bertz CT molecular complexity index is 153. The summed E-state index contributed by atoms with van der Waals surface area (Å²) in [5.41, 5.74) is 0.370. The second kappa shape index (κ2) is 3.27. The molecule has 1 heteroatoms. The SMILES string of the molecule is CC(=PC(C)(C)C)C(C)(C)C. The molecule has 0 heterocycles. The average molecular weight is 172 g/mol. The van der Waals surface area contributed by atoms with E-state index >= 15 is 0 Å². The molecule has 0 saturated carbocycles. The maximum absolute atomic E-state index is 2.28. The maximum atomic E-state index is 2.28. The van der Waals surface area contributed by atoms with Gasteiger partial charge in [0.05, 0.1) is 0 Å². The van der Waals surface area contributed by atoms with Gasteiger partial charge in [0, 0.05) is 5.16 Å². The third-order valence-corrected chi connectivity index (χ3v) is 3.27. The van der Waals surface area contributed by atoms with Crippen molar-refractivity contribution < 1.29 is 0 Å². The normalized spacial score (nSPS) is 15.4. The van der Waals surface area contributed by atoms with E-state index in [1.807, 2.05) is 0 Å². The molecule has 0 aliphatic heterocycles. The van der Waals surface area contributed by atoms with Gasteiger partial charge < -0.3 is 0 Å². The van der Waals surface area contributed by atoms with Crippen molar-refractivity contribution in [2.24, 2.45) is 5.41 Å². The first-order valence-corrected chi connectivity index (χ1v) is 5.09. The monoisotopic (exact) mass is 172 g/mol. The molecule has 0 amide bonds. The van der Waals surface area contributed by atoms with Crippen LogP contribution < -0.4 is 0 Å². The molecule has 0 spiro atoms. The predicted molar refractivity (Wildman–Crippen MR) is 56.8 cm³/mol. The van der Waals surface area contributed by atoms with Crippen molar-refractivity contribution in [1.82, 2.24) is 0 Å². The van der Waals surface area contributed by atoms with E-state index < -0.39 is 0 Å². The first-order valence-electron chi connectivity index (χ1n) is 4.20. The maximum Gasteiger partial charge on any atom is 0.00370 e. The van der Waals surface area contributed by atoms with Gasteiger partial charge in [-0.15, -0.1) is 0 Å². The van der Waals surface area contributed by atoms with Crippen molar-refractivity contribution in [3.8, 4) is 0 Å². The molecule has 0 aliphatic carbocycles. The van der Waals surface area contributed by atoms with Crippen LogP contribution in [-0.4, -0.2) is 10.4 Å².